The van der Waals surface area contributed by atoms with Gasteiger partial charge in [0.15, 0.2) is 0 Å². The Morgan fingerprint density at radius 1 is 1.42 bits per heavy atom. The number of hydrogen-bond donors (Lipinski definition) is 1. The van der Waals surface area contributed by atoms with Gasteiger partial charge in [0, 0.05) is 24.8 Å². The first-order valence-corrected chi connectivity index (χ1v) is 6.76. The van der Waals surface area contributed by atoms with Crippen molar-refractivity contribution in [3.8, 4) is 6.07 Å². The van der Waals surface area contributed by atoms with Gasteiger partial charge in [-0.2, -0.15) is 5.26 Å². The van der Waals surface area contributed by atoms with Crippen LogP contribution < -0.4 is 10.2 Å². The van der Waals surface area contributed by atoms with Crippen molar-refractivity contribution in [2.75, 3.05) is 18.0 Å². The Morgan fingerprint density at radius 3 is 2.53 bits per heavy atom. The van der Waals surface area contributed by atoms with E-state index in [0.717, 1.165) is 25.1 Å². The number of halogens is 1. The van der Waals surface area contributed by atoms with Gasteiger partial charge in [0.2, 0.25) is 0 Å². The monoisotopic (exact) mass is 261 g/mol. The number of nitriles is 1. The molecule has 0 amide bonds. The van der Waals surface area contributed by atoms with E-state index in [1.807, 2.05) is 13.8 Å². The highest BCUT2D eigenvalue weighted by Gasteiger charge is 2.33. The Hall–Kier alpha value is -1.60. The van der Waals surface area contributed by atoms with E-state index in [2.05, 4.69) is 16.3 Å². The number of benzene rings is 1. The number of hydrogen-bond acceptors (Lipinski definition) is 3. The van der Waals surface area contributed by atoms with Crippen LogP contribution in [-0.2, 0) is 0 Å². The number of rotatable bonds is 6. The highest BCUT2D eigenvalue weighted by Crippen LogP contribution is 2.24. The van der Waals surface area contributed by atoms with E-state index >= 15 is 0 Å². The maximum atomic E-state index is 13.0. The summed E-state index contributed by atoms with van der Waals surface area (Å²) in [6, 6.07) is 9.28. The highest BCUT2D eigenvalue weighted by molar-refractivity contribution is 5.47. The summed E-state index contributed by atoms with van der Waals surface area (Å²) >= 11 is 0. The van der Waals surface area contributed by atoms with Gasteiger partial charge >= 0.3 is 0 Å². The molecule has 0 spiro atoms. The molecule has 1 aliphatic rings. The van der Waals surface area contributed by atoms with Crippen molar-refractivity contribution in [2.24, 2.45) is 0 Å². The summed E-state index contributed by atoms with van der Waals surface area (Å²) in [5, 5.41) is 12.8. The van der Waals surface area contributed by atoms with Gasteiger partial charge in [0.25, 0.3) is 0 Å². The van der Waals surface area contributed by atoms with Crippen molar-refractivity contribution in [3.63, 3.8) is 0 Å². The third-order valence-electron chi connectivity index (χ3n) is 3.43. The molecule has 1 aromatic carbocycles. The maximum Gasteiger partial charge on any atom is 0.123 e. The van der Waals surface area contributed by atoms with Crippen LogP contribution in [0.2, 0.25) is 0 Å². The predicted molar refractivity (Wildman–Crippen MR) is 74.5 cm³/mol. The summed E-state index contributed by atoms with van der Waals surface area (Å²) in [4.78, 5) is 2.10. The molecule has 2 rings (SSSR count). The second-order valence-electron chi connectivity index (χ2n) is 5.35. The Kier molecular flexibility index (Phi) is 4.06. The zero-order valence-electron chi connectivity index (χ0n) is 11.5. The van der Waals surface area contributed by atoms with Gasteiger partial charge in [-0.25, -0.2) is 4.39 Å². The van der Waals surface area contributed by atoms with Gasteiger partial charge in [0.05, 0.1) is 6.07 Å². The molecule has 0 aromatic heterocycles. The van der Waals surface area contributed by atoms with Crippen LogP contribution in [0.15, 0.2) is 24.3 Å². The zero-order chi connectivity index (χ0) is 13.9. The smallest absolute Gasteiger partial charge is 0.123 e. The first kappa shape index (κ1) is 13.8. The predicted octanol–water partition coefficient (Wildman–Crippen LogP) is 2.69. The second-order valence-corrected chi connectivity index (χ2v) is 5.35. The molecule has 0 saturated heterocycles. The van der Waals surface area contributed by atoms with E-state index < -0.39 is 5.54 Å². The highest BCUT2D eigenvalue weighted by atomic mass is 19.1. The van der Waals surface area contributed by atoms with E-state index in [1.165, 1.54) is 12.1 Å². The molecule has 3 nitrogen and oxygen atoms in total. The van der Waals surface area contributed by atoms with Crippen LogP contribution in [0.3, 0.4) is 0 Å². The Balaban J connectivity index is 2.08. The van der Waals surface area contributed by atoms with Gasteiger partial charge in [0.1, 0.15) is 11.4 Å². The van der Waals surface area contributed by atoms with Crippen molar-refractivity contribution in [3.05, 3.63) is 30.1 Å². The van der Waals surface area contributed by atoms with E-state index in [4.69, 9.17) is 0 Å². The number of anilines is 1. The average Bonchev–Trinajstić information content (AvgIpc) is 3.21. The average molecular weight is 261 g/mol. The normalized spacial score (nSPS) is 17.6. The fraction of sp³-hybridized carbons (Fsp3) is 0.533. The van der Waals surface area contributed by atoms with Crippen LogP contribution in [0.25, 0.3) is 0 Å². The summed E-state index contributed by atoms with van der Waals surface area (Å²) < 4.78 is 13.0. The second kappa shape index (κ2) is 5.58. The molecule has 19 heavy (non-hydrogen) atoms. The van der Waals surface area contributed by atoms with Crippen LogP contribution in [-0.4, -0.2) is 24.7 Å². The van der Waals surface area contributed by atoms with Crippen molar-refractivity contribution < 1.29 is 4.39 Å². The van der Waals surface area contributed by atoms with Gasteiger partial charge in [-0.3, -0.25) is 5.32 Å². The fourth-order valence-electron chi connectivity index (χ4n) is 2.21. The standard InChI is InChI=1S/C15H20FN3/c1-3-19(14-8-4-12(16)5-9-14)11-15(2,10-17)18-13-6-7-13/h4-5,8-9,13,18H,3,6-7,11H2,1-2H3. The van der Waals surface area contributed by atoms with Gasteiger partial charge in [-0.1, -0.05) is 0 Å². The van der Waals surface area contributed by atoms with Gasteiger partial charge < -0.3 is 4.90 Å². The SMILES string of the molecule is CCN(CC(C)(C#N)NC1CC1)c1ccc(F)cc1. The van der Waals surface area contributed by atoms with Crippen molar-refractivity contribution >= 4 is 5.69 Å². The molecule has 1 saturated carbocycles. The van der Waals surface area contributed by atoms with Crippen LogP contribution in [0, 0.1) is 17.1 Å². The Labute approximate surface area is 114 Å². The molecule has 102 valence electrons. The van der Waals surface area contributed by atoms with E-state index in [0.29, 0.717) is 12.6 Å². The summed E-state index contributed by atoms with van der Waals surface area (Å²) in [7, 11) is 0. The zero-order valence-corrected chi connectivity index (χ0v) is 11.5. The Bertz CT molecular complexity index is 461. The largest absolute Gasteiger partial charge is 0.369 e. The third kappa shape index (κ3) is 3.68. The number of nitrogens with one attached hydrogen (secondary N) is 1. The lowest BCUT2D eigenvalue weighted by Gasteiger charge is -2.32. The molecule has 0 radical (unpaired) electrons. The lowest BCUT2D eigenvalue weighted by atomic mass is 10.0. The van der Waals surface area contributed by atoms with Crippen LogP contribution >= 0.6 is 0 Å². The quantitative estimate of drug-likeness (QED) is 0.855. The van der Waals surface area contributed by atoms with E-state index in [9.17, 15) is 9.65 Å². The maximum absolute atomic E-state index is 13.0. The topological polar surface area (TPSA) is 39.1 Å². The lowest BCUT2D eigenvalue weighted by molar-refractivity contribution is 0.440. The summed E-state index contributed by atoms with van der Waals surface area (Å²) in [6.07, 6.45) is 2.31. The number of likely N-dealkylation sites (N-methyl/N-ethyl adjacent to an activating group) is 1. The minimum Gasteiger partial charge on any atom is -0.369 e. The van der Waals surface area contributed by atoms with Crippen molar-refractivity contribution in [1.29, 1.82) is 5.26 Å². The van der Waals surface area contributed by atoms with Crippen molar-refractivity contribution in [1.82, 2.24) is 5.32 Å². The summed E-state index contributed by atoms with van der Waals surface area (Å²) in [5.41, 5.74) is 0.383. The molecule has 1 aromatic rings. The molecule has 1 fully saturated rings. The molecular weight excluding hydrogens is 241 g/mol. The van der Waals surface area contributed by atoms with Crippen LogP contribution in [0.4, 0.5) is 10.1 Å². The van der Waals surface area contributed by atoms with E-state index in [-0.39, 0.29) is 5.82 Å². The molecule has 1 N–H and O–H groups in total. The van der Waals surface area contributed by atoms with Crippen LogP contribution in [0.5, 0.6) is 0 Å². The van der Waals surface area contributed by atoms with E-state index in [1.54, 1.807) is 12.1 Å². The van der Waals surface area contributed by atoms with Gasteiger partial charge in [-0.15, -0.1) is 0 Å². The molecular formula is C15H20FN3. The molecule has 0 bridgehead atoms. The van der Waals surface area contributed by atoms with Crippen LogP contribution in [0.1, 0.15) is 26.7 Å². The molecule has 1 atom stereocenters. The molecule has 4 heteroatoms. The lowest BCUT2D eigenvalue weighted by Crippen LogP contribution is -2.51. The Morgan fingerprint density at radius 2 is 2.05 bits per heavy atom. The first-order chi connectivity index (χ1) is 9.06. The summed E-state index contributed by atoms with van der Waals surface area (Å²) in [5.74, 6) is -0.237. The van der Waals surface area contributed by atoms with Gasteiger partial charge in [-0.05, 0) is 51.0 Å². The number of nitrogens with zero attached hydrogens (tertiary/aromatic N) is 2. The van der Waals surface area contributed by atoms with Crippen molar-refractivity contribution in [2.45, 2.75) is 38.3 Å². The molecule has 0 heterocycles. The third-order valence-corrected chi connectivity index (χ3v) is 3.43. The molecule has 0 aliphatic heterocycles. The molecule has 1 aliphatic carbocycles. The minimum atomic E-state index is -0.564. The summed E-state index contributed by atoms with van der Waals surface area (Å²) in [6.45, 7) is 5.35. The minimum absolute atomic E-state index is 0.237. The fourth-order valence-corrected chi connectivity index (χ4v) is 2.21. The first-order valence-electron chi connectivity index (χ1n) is 6.76. The molecule has 1 unspecified atom stereocenters.